The molecule has 5 heteroatoms. The number of amides is 1. The van der Waals surface area contributed by atoms with Crippen molar-refractivity contribution in [2.75, 3.05) is 6.61 Å². The topological polar surface area (TPSA) is 75.6 Å². The van der Waals surface area contributed by atoms with Crippen molar-refractivity contribution in [1.82, 2.24) is 5.32 Å². The second kappa shape index (κ2) is 7.27. The van der Waals surface area contributed by atoms with Crippen molar-refractivity contribution >= 4 is 11.9 Å². The molecule has 0 saturated carbocycles. The molecule has 1 fully saturated rings. The minimum atomic E-state index is -0.959. The summed E-state index contributed by atoms with van der Waals surface area (Å²) in [5, 5.41) is 11.5. The Morgan fingerprint density at radius 2 is 2.29 bits per heavy atom. The number of hydrogen-bond donors (Lipinski definition) is 2. The molecule has 1 heterocycles. The van der Waals surface area contributed by atoms with Gasteiger partial charge in [-0.2, -0.15) is 0 Å². The van der Waals surface area contributed by atoms with Gasteiger partial charge >= 0.3 is 5.97 Å². The Balaban J connectivity index is 2.32. The largest absolute Gasteiger partial charge is 0.480 e. The van der Waals surface area contributed by atoms with Gasteiger partial charge in [0, 0.05) is 6.61 Å². The third-order valence-corrected chi connectivity index (χ3v) is 2.92. The molecule has 2 N–H and O–H groups in total. The molecule has 1 aliphatic heterocycles. The SMILES string of the molecule is CCCCC(NC(=O)CC1CCCO1)C(=O)O. The summed E-state index contributed by atoms with van der Waals surface area (Å²) in [6, 6.07) is -0.760. The molecule has 5 nitrogen and oxygen atoms in total. The van der Waals surface area contributed by atoms with E-state index in [9.17, 15) is 9.59 Å². The first-order chi connectivity index (χ1) is 8.13. The summed E-state index contributed by atoms with van der Waals surface area (Å²) in [6.45, 7) is 2.70. The zero-order valence-corrected chi connectivity index (χ0v) is 10.3. The molecule has 1 amide bonds. The van der Waals surface area contributed by atoms with Crippen LogP contribution >= 0.6 is 0 Å². The summed E-state index contributed by atoms with van der Waals surface area (Å²) < 4.78 is 5.34. The van der Waals surface area contributed by atoms with E-state index >= 15 is 0 Å². The molecule has 0 aliphatic carbocycles. The van der Waals surface area contributed by atoms with E-state index in [-0.39, 0.29) is 18.4 Å². The van der Waals surface area contributed by atoms with E-state index in [1.165, 1.54) is 0 Å². The molecule has 0 aromatic heterocycles. The molecule has 0 bridgehead atoms. The van der Waals surface area contributed by atoms with E-state index in [1.807, 2.05) is 6.92 Å². The van der Waals surface area contributed by atoms with Gasteiger partial charge < -0.3 is 15.2 Å². The van der Waals surface area contributed by atoms with Crippen LogP contribution in [0, 0.1) is 0 Å². The highest BCUT2D eigenvalue weighted by atomic mass is 16.5. The van der Waals surface area contributed by atoms with Crippen molar-refractivity contribution in [2.45, 2.75) is 57.6 Å². The highest BCUT2D eigenvalue weighted by Crippen LogP contribution is 2.15. The van der Waals surface area contributed by atoms with Crippen molar-refractivity contribution in [3.63, 3.8) is 0 Å². The molecule has 1 rings (SSSR count). The van der Waals surface area contributed by atoms with E-state index in [0.717, 1.165) is 25.7 Å². The molecule has 0 radical (unpaired) electrons. The second-order valence-electron chi connectivity index (χ2n) is 4.44. The van der Waals surface area contributed by atoms with Gasteiger partial charge in [-0.25, -0.2) is 4.79 Å². The lowest BCUT2D eigenvalue weighted by Crippen LogP contribution is -2.41. The van der Waals surface area contributed by atoms with Crippen LogP contribution < -0.4 is 5.32 Å². The summed E-state index contributed by atoms with van der Waals surface area (Å²) in [5.74, 6) is -1.18. The predicted molar refractivity (Wildman–Crippen MR) is 62.7 cm³/mol. The van der Waals surface area contributed by atoms with Crippen LogP contribution in [-0.4, -0.2) is 35.7 Å². The van der Waals surface area contributed by atoms with Gasteiger partial charge in [0.05, 0.1) is 12.5 Å². The number of carboxylic acids is 1. The number of hydrogen-bond acceptors (Lipinski definition) is 3. The molecule has 1 aliphatic rings. The molecule has 0 aromatic carbocycles. The number of ether oxygens (including phenoxy) is 1. The average molecular weight is 243 g/mol. The van der Waals surface area contributed by atoms with Gasteiger partial charge in [0.25, 0.3) is 0 Å². The van der Waals surface area contributed by atoms with Crippen LogP contribution in [0.4, 0.5) is 0 Å². The Morgan fingerprint density at radius 3 is 2.82 bits per heavy atom. The maximum Gasteiger partial charge on any atom is 0.326 e. The first kappa shape index (κ1) is 14.0. The van der Waals surface area contributed by atoms with Crippen LogP contribution in [0.15, 0.2) is 0 Å². The molecular weight excluding hydrogens is 222 g/mol. The molecule has 2 unspecified atom stereocenters. The lowest BCUT2D eigenvalue weighted by molar-refractivity contribution is -0.142. The lowest BCUT2D eigenvalue weighted by atomic mass is 10.1. The molecular formula is C12H21NO4. The van der Waals surface area contributed by atoms with Crippen LogP contribution in [-0.2, 0) is 14.3 Å². The normalized spacial score (nSPS) is 21.1. The smallest absolute Gasteiger partial charge is 0.326 e. The van der Waals surface area contributed by atoms with E-state index in [1.54, 1.807) is 0 Å². The molecule has 0 spiro atoms. The monoisotopic (exact) mass is 243 g/mol. The maximum atomic E-state index is 11.6. The molecule has 2 atom stereocenters. The standard InChI is InChI=1S/C12H21NO4/c1-2-3-6-10(12(15)16)13-11(14)8-9-5-4-7-17-9/h9-10H,2-8H2,1H3,(H,13,14)(H,15,16). The van der Waals surface area contributed by atoms with Gasteiger partial charge in [0.1, 0.15) is 6.04 Å². The molecule has 98 valence electrons. The number of carbonyl (C=O) groups excluding carboxylic acids is 1. The number of carbonyl (C=O) groups is 2. The fourth-order valence-corrected chi connectivity index (χ4v) is 1.93. The van der Waals surface area contributed by atoms with Gasteiger partial charge in [-0.1, -0.05) is 19.8 Å². The minimum absolute atomic E-state index is 0.0318. The highest BCUT2D eigenvalue weighted by molar-refractivity contribution is 5.83. The zero-order valence-electron chi connectivity index (χ0n) is 10.3. The van der Waals surface area contributed by atoms with E-state index in [2.05, 4.69) is 5.32 Å². The van der Waals surface area contributed by atoms with Crippen LogP contribution in [0.5, 0.6) is 0 Å². The van der Waals surface area contributed by atoms with E-state index in [4.69, 9.17) is 9.84 Å². The van der Waals surface area contributed by atoms with Crippen molar-refractivity contribution in [3.8, 4) is 0 Å². The summed E-state index contributed by atoms with van der Waals surface area (Å²) in [7, 11) is 0. The average Bonchev–Trinajstić information content (AvgIpc) is 2.76. The zero-order chi connectivity index (χ0) is 12.7. The van der Waals surface area contributed by atoms with E-state index < -0.39 is 12.0 Å². The van der Waals surface area contributed by atoms with Crippen LogP contribution in [0.25, 0.3) is 0 Å². The van der Waals surface area contributed by atoms with Crippen LogP contribution in [0.2, 0.25) is 0 Å². The minimum Gasteiger partial charge on any atom is -0.480 e. The van der Waals surface area contributed by atoms with Gasteiger partial charge in [-0.3, -0.25) is 4.79 Å². The quantitative estimate of drug-likeness (QED) is 0.707. The molecule has 17 heavy (non-hydrogen) atoms. The summed E-state index contributed by atoms with van der Waals surface area (Å²) in [4.78, 5) is 22.6. The van der Waals surface area contributed by atoms with Crippen LogP contribution in [0.1, 0.15) is 45.4 Å². The van der Waals surface area contributed by atoms with Crippen molar-refractivity contribution in [3.05, 3.63) is 0 Å². The number of nitrogens with one attached hydrogen (secondary N) is 1. The fourth-order valence-electron chi connectivity index (χ4n) is 1.93. The van der Waals surface area contributed by atoms with Gasteiger partial charge in [-0.05, 0) is 19.3 Å². The summed E-state index contributed by atoms with van der Waals surface area (Å²) in [5.41, 5.74) is 0. The third kappa shape index (κ3) is 5.17. The van der Waals surface area contributed by atoms with Crippen LogP contribution in [0.3, 0.4) is 0 Å². The first-order valence-corrected chi connectivity index (χ1v) is 6.27. The number of aliphatic carboxylic acids is 1. The Labute approximate surface area is 102 Å². The third-order valence-electron chi connectivity index (χ3n) is 2.92. The Kier molecular flexibility index (Phi) is 5.97. The lowest BCUT2D eigenvalue weighted by Gasteiger charge is -2.15. The maximum absolute atomic E-state index is 11.6. The summed E-state index contributed by atoms with van der Waals surface area (Å²) >= 11 is 0. The molecule has 1 saturated heterocycles. The van der Waals surface area contributed by atoms with Gasteiger partial charge in [-0.15, -0.1) is 0 Å². The fraction of sp³-hybridized carbons (Fsp3) is 0.833. The Morgan fingerprint density at radius 1 is 1.53 bits per heavy atom. The van der Waals surface area contributed by atoms with Crippen molar-refractivity contribution in [1.29, 1.82) is 0 Å². The first-order valence-electron chi connectivity index (χ1n) is 6.27. The number of rotatable bonds is 7. The van der Waals surface area contributed by atoms with Crippen molar-refractivity contribution in [2.24, 2.45) is 0 Å². The van der Waals surface area contributed by atoms with E-state index in [0.29, 0.717) is 13.0 Å². The van der Waals surface area contributed by atoms with Gasteiger partial charge in [0.2, 0.25) is 5.91 Å². The van der Waals surface area contributed by atoms with Gasteiger partial charge in [0.15, 0.2) is 0 Å². The Bertz CT molecular complexity index is 261. The number of carboxylic acid groups (broad SMARTS) is 1. The molecule has 0 aromatic rings. The predicted octanol–water partition coefficient (Wildman–Crippen LogP) is 1.32. The van der Waals surface area contributed by atoms with Crippen molar-refractivity contribution < 1.29 is 19.4 Å². The number of unbranched alkanes of at least 4 members (excludes halogenated alkanes) is 1. The Hall–Kier alpha value is -1.10. The summed E-state index contributed by atoms with van der Waals surface area (Å²) in [6.07, 6.45) is 4.33. The highest BCUT2D eigenvalue weighted by Gasteiger charge is 2.23. The second-order valence-corrected chi connectivity index (χ2v) is 4.44.